The molecule has 3 N–H and O–H groups in total. The van der Waals surface area contributed by atoms with Crippen molar-refractivity contribution in [1.82, 2.24) is 15.3 Å². The first-order valence-corrected chi connectivity index (χ1v) is 8.34. The van der Waals surface area contributed by atoms with Crippen LogP contribution in [0.4, 0.5) is 0 Å². The van der Waals surface area contributed by atoms with E-state index in [9.17, 15) is 4.79 Å². The van der Waals surface area contributed by atoms with E-state index in [0.29, 0.717) is 31.0 Å². The zero-order chi connectivity index (χ0) is 18.2. The Morgan fingerprint density at radius 3 is 2.62 bits per heavy atom. The van der Waals surface area contributed by atoms with Gasteiger partial charge in [-0.3, -0.25) is 14.8 Å². The van der Waals surface area contributed by atoms with Crippen LogP contribution in [0, 0.1) is 0 Å². The summed E-state index contributed by atoms with van der Waals surface area (Å²) in [6.45, 7) is 1.17. The average molecular weight is 348 g/mol. The maximum atomic E-state index is 12.3. The van der Waals surface area contributed by atoms with Crippen molar-refractivity contribution in [3.8, 4) is 17.0 Å². The van der Waals surface area contributed by atoms with Crippen molar-refractivity contribution in [3.63, 3.8) is 0 Å². The molecule has 132 valence electrons. The number of amides is 1. The molecule has 1 aromatic heterocycles. The average Bonchev–Trinajstić information content (AvgIpc) is 2.72. The van der Waals surface area contributed by atoms with E-state index in [4.69, 9.17) is 10.5 Å². The number of benzene rings is 2. The predicted octanol–water partition coefficient (Wildman–Crippen LogP) is 2.41. The molecule has 3 rings (SSSR count). The summed E-state index contributed by atoms with van der Waals surface area (Å²) in [6, 6.07) is 16.8. The number of ether oxygens (including phenoxy) is 1. The highest BCUT2D eigenvalue weighted by molar-refractivity contribution is 5.95. The van der Waals surface area contributed by atoms with E-state index in [0.717, 1.165) is 17.0 Å². The van der Waals surface area contributed by atoms with Gasteiger partial charge < -0.3 is 15.8 Å². The van der Waals surface area contributed by atoms with Crippen LogP contribution in [-0.2, 0) is 6.54 Å². The second kappa shape index (κ2) is 8.73. The Morgan fingerprint density at radius 1 is 1.04 bits per heavy atom. The van der Waals surface area contributed by atoms with E-state index in [1.54, 1.807) is 24.5 Å². The fourth-order valence-corrected chi connectivity index (χ4v) is 2.38. The number of hydrogen-bond donors (Lipinski definition) is 2. The Labute approximate surface area is 152 Å². The minimum Gasteiger partial charge on any atom is -0.492 e. The van der Waals surface area contributed by atoms with Gasteiger partial charge in [-0.25, -0.2) is 0 Å². The van der Waals surface area contributed by atoms with Crippen LogP contribution in [0.3, 0.4) is 0 Å². The summed E-state index contributed by atoms with van der Waals surface area (Å²) in [5.41, 5.74) is 8.34. The smallest absolute Gasteiger partial charge is 0.251 e. The number of rotatable bonds is 7. The lowest BCUT2D eigenvalue weighted by atomic mass is 10.1. The Bertz CT molecular complexity index is 851. The zero-order valence-corrected chi connectivity index (χ0v) is 14.3. The lowest BCUT2D eigenvalue weighted by Gasteiger charge is -2.08. The molecule has 0 saturated heterocycles. The van der Waals surface area contributed by atoms with Crippen molar-refractivity contribution < 1.29 is 9.53 Å². The lowest BCUT2D eigenvalue weighted by Crippen LogP contribution is -2.28. The molecule has 0 aliphatic carbocycles. The summed E-state index contributed by atoms with van der Waals surface area (Å²) in [4.78, 5) is 20.9. The molecule has 0 aliphatic heterocycles. The first-order valence-electron chi connectivity index (χ1n) is 8.34. The van der Waals surface area contributed by atoms with Gasteiger partial charge in [0.25, 0.3) is 5.91 Å². The van der Waals surface area contributed by atoms with Crippen LogP contribution < -0.4 is 15.8 Å². The first-order chi connectivity index (χ1) is 12.8. The number of nitrogens with one attached hydrogen (secondary N) is 1. The first kappa shape index (κ1) is 17.6. The summed E-state index contributed by atoms with van der Waals surface area (Å²) in [5, 5.41) is 2.85. The molecule has 0 fully saturated rings. The summed E-state index contributed by atoms with van der Waals surface area (Å²) in [6.07, 6.45) is 3.30. The number of carbonyl (C=O) groups excluding carboxylic acids is 1. The summed E-state index contributed by atoms with van der Waals surface area (Å²) in [5.74, 6) is 0.623. The Morgan fingerprint density at radius 2 is 1.88 bits per heavy atom. The number of para-hydroxylation sites is 1. The van der Waals surface area contributed by atoms with Gasteiger partial charge in [0.2, 0.25) is 0 Å². The number of nitrogens with two attached hydrogens (primary N) is 1. The van der Waals surface area contributed by atoms with Gasteiger partial charge in [-0.1, -0.05) is 30.3 Å². The van der Waals surface area contributed by atoms with Crippen molar-refractivity contribution >= 4 is 5.91 Å². The number of aromatic nitrogens is 2. The highest BCUT2D eigenvalue weighted by Gasteiger charge is 2.08. The van der Waals surface area contributed by atoms with Gasteiger partial charge in [-0.15, -0.1) is 0 Å². The minimum absolute atomic E-state index is 0.157. The van der Waals surface area contributed by atoms with Gasteiger partial charge in [-0.2, -0.15) is 0 Å². The van der Waals surface area contributed by atoms with Crippen molar-refractivity contribution in [2.75, 3.05) is 13.2 Å². The molecular formula is C20H20N4O2. The van der Waals surface area contributed by atoms with Crippen molar-refractivity contribution in [2.45, 2.75) is 6.54 Å². The quantitative estimate of drug-likeness (QED) is 0.640. The number of carbonyl (C=O) groups is 1. The number of nitrogens with zero attached hydrogens (tertiary/aromatic N) is 2. The largest absolute Gasteiger partial charge is 0.492 e. The molecule has 6 nitrogen and oxygen atoms in total. The van der Waals surface area contributed by atoms with Gasteiger partial charge in [0, 0.05) is 17.7 Å². The normalized spacial score (nSPS) is 10.3. The van der Waals surface area contributed by atoms with Crippen LogP contribution in [0.5, 0.6) is 5.75 Å². The maximum Gasteiger partial charge on any atom is 0.251 e. The fraction of sp³-hybridized carbons (Fsp3) is 0.150. The minimum atomic E-state index is -0.157. The van der Waals surface area contributed by atoms with Crippen LogP contribution in [0.2, 0.25) is 0 Å². The molecule has 1 amide bonds. The fourth-order valence-electron chi connectivity index (χ4n) is 2.38. The Kier molecular flexibility index (Phi) is 5.90. The Hall–Kier alpha value is -3.25. The van der Waals surface area contributed by atoms with E-state index >= 15 is 0 Å². The Balaban J connectivity index is 1.57. The van der Waals surface area contributed by atoms with Crippen LogP contribution >= 0.6 is 0 Å². The van der Waals surface area contributed by atoms with Gasteiger partial charge in [0.15, 0.2) is 0 Å². The molecule has 6 heteroatoms. The zero-order valence-electron chi connectivity index (χ0n) is 14.3. The molecule has 1 heterocycles. The van der Waals surface area contributed by atoms with Crippen molar-refractivity contribution in [3.05, 3.63) is 78.2 Å². The SMILES string of the molecule is NCc1cnc(-c2cccc(C(=O)NCCOc3ccccc3)c2)cn1. The van der Waals surface area contributed by atoms with E-state index in [1.165, 1.54) is 0 Å². The van der Waals surface area contributed by atoms with E-state index in [-0.39, 0.29) is 5.91 Å². The molecule has 26 heavy (non-hydrogen) atoms. The summed E-state index contributed by atoms with van der Waals surface area (Å²) in [7, 11) is 0. The topological polar surface area (TPSA) is 90.1 Å². The molecule has 0 spiro atoms. The molecule has 0 radical (unpaired) electrons. The highest BCUT2D eigenvalue weighted by atomic mass is 16.5. The third kappa shape index (κ3) is 4.64. The molecule has 0 unspecified atom stereocenters. The molecule has 2 aromatic carbocycles. The maximum absolute atomic E-state index is 12.3. The molecule has 0 atom stereocenters. The van der Waals surface area contributed by atoms with E-state index in [2.05, 4.69) is 15.3 Å². The van der Waals surface area contributed by atoms with Gasteiger partial charge in [-0.05, 0) is 24.3 Å². The van der Waals surface area contributed by atoms with Crippen LogP contribution in [0.15, 0.2) is 67.0 Å². The van der Waals surface area contributed by atoms with Crippen molar-refractivity contribution in [1.29, 1.82) is 0 Å². The molecule has 0 saturated carbocycles. The van der Waals surface area contributed by atoms with Gasteiger partial charge in [0.1, 0.15) is 12.4 Å². The highest BCUT2D eigenvalue weighted by Crippen LogP contribution is 2.17. The lowest BCUT2D eigenvalue weighted by molar-refractivity contribution is 0.0947. The monoisotopic (exact) mass is 348 g/mol. The summed E-state index contributed by atoms with van der Waals surface area (Å²) < 4.78 is 5.56. The molecular weight excluding hydrogens is 328 g/mol. The van der Waals surface area contributed by atoms with E-state index < -0.39 is 0 Å². The van der Waals surface area contributed by atoms with Gasteiger partial charge >= 0.3 is 0 Å². The summed E-state index contributed by atoms with van der Waals surface area (Å²) >= 11 is 0. The van der Waals surface area contributed by atoms with Crippen LogP contribution in [0.25, 0.3) is 11.3 Å². The predicted molar refractivity (Wildman–Crippen MR) is 99.6 cm³/mol. The van der Waals surface area contributed by atoms with Gasteiger partial charge in [0.05, 0.1) is 30.3 Å². The third-order valence-corrected chi connectivity index (χ3v) is 3.73. The molecule has 0 aliphatic rings. The van der Waals surface area contributed by atoms with Crippen LogP contribution in [-0.4, -0.2) is 29.0 Å². The van der Waals surface area contributed by atoms with Crippen LogP contribution in [0.1, 0.15) is 16.1 Å². The molecule has 3 aromatic rings. The third-order valence-electron chi connectivity index (χ3n) is 3.73. The second-order valence-corrected chi connectivity index (χ2v) is 5.60. The van der Waals surface area contributed by atoms with E-state index in [1.807, 2.05) is 42.5 Å². The second-order valence-electron chi connectivity index (χ2n) is 5.60. The standard InChI is InChI=1S/C20H20N4O2/c21-12-17-13-24-19(14-23-17)15-5-4-6-16(11-15)20(25)22-9-10-26-18-7-2-1-3-8-18/h1-8,11,13-14H,9-10,12,21H2,(H,22,25). The number of hydrogen-bond acceptors (Lipinski definition) is 5. The molecule has 0 bridgehead atoms. The van der Waals surface area contributed by atoms with Crippen molar-refractivity contribution in [2.24, 2.45) is 5.73 Å².